The Bertz CT molecular complexity index is 485. The van der Waals surface area contributed by atoms with E-state index in [2.05, 4.69) is 56.4 Å². The van der Waals surface area contributed by atoms with Gasteiger partial charge in [-0.05, 0) is 55.0 Å². The zero-order valence-electron chi connectivity index (χ0n) is 10.2. The van der Waals surface area contributed by atoms with Gasteiger partial charge in [0.1, 0.15) is 0 Å². The van der Waals surface area contributed by atoms with Crippen LogP contribution in [0.3, 0.4) is 0 Å². The van der Waals surface area contributed by atoms with Gasteiger partial charge in [-0.25, -0.2) is 0 Å². The summed E-state index contributed by atoms with van der Waals surface area (Å²) in [6, 6.07) is 4.60. The van der Waals surface area contributed by atoms with Crippen LogP contribution in [0.4, 0.5) is 0 Å². The molecule has 0 amide bonds. The molecule has 0 heterocycles. The Labute approximate surface area is 98.0 Å². The van der Waals surface area contributed by atoms with Crippen molar-refractivity contribution in [2.75, 3.05) is 0 Å². The van der Waals surface area contributed by atoms with Crippen molar-refractivity contribution >= 4 is 11.6 Å². The third-order valence-corrected chi connectivity index (χ3v) is 3.09. The summed E-state index contributed by atoms with van der Waals surface area (Å²) < 4.78 is 0. The van der Waals surface area contributed by atoms with Gasteiger partial charge in [-0.3, -0.25) is 0 Å². The van der Waals surface area contributed by atoms with E-state index in [9.17, 15) is 0 Å². The van der Waals surface area contributed by atoms with E-state index >= 15 is 0 Å². The van der Waals surface area contributed by atoms with E-state index in [0.717, 1.165) is 6.42 Å². The van der Waals surface area contributed by atoms with E-state index in [4.69, 9.17) is 0 Å². The van der Waals surface area contributed by atoms with Crippen LogP contribution in [0.2, 0.25) is 0 Å². The van der Waals surface area contributed by atoms with Crippen molar-refractivity contribution in [2.45, 2.75) is 27.2 Å². The summed E-state index contributed by atoms with van der Waals surface area (Å²) in [5.74, 6) is 0. The zero-order valence-corrected chi connectivity index (χ0v) is 10.2. The van der Waals surface area contributed by atoms with Crippen LogP contribution >= 0.6 is 0 Å². The molecule has 0 N–H and O–H groups in total. The topological polar surface area (TPSA) is 0 Å². The Hall–Kier alpha value is -1.56. The molecule has 2 rings (SSSR count). The van der Waals surface area contributed by atoms with Gasteiger partial charge < -0.3 is 0 Å². The summed E-state index contributed by atoms with van der Waals surface area (Å²) in [5.41, 5.74) is 6.94. The minimum absolute atomic E-state index is 1.08. The molecule has 0 spiro atoms. The minimum Gasteiger partial charge on any atom is -0.0877 e. The third kappa shape index (κ3) is 2.01. The molecule has 82 valence electrons. The van der Waals surface area contributed by atoms with Crippen molar-refractivity contribution in [1.29, 1.82) is 0 Å². The summed E-state index contributed by atoms with van der Waals surface area (Å²) in [6.07, 6.45) is 11.9. The molecule has 16 heavy (non-hydrogen) atoms. The monoisotopic (exact) mass is 210 g/mol. The molecule has 1 aromatic rings. The number of hydrogen-bond donors (Lipinski definition) is 0. The molecule has 1 aliphatic carbocycles. The Morgan fingerprint density at radius 3 is 2.88 bits per heavy atom. The maximum Gasteiger partial charge on any atom is -0.00879 e. The fourth-order valence-electron chi connectivity index (χ4n) is 2.15. The molecule has 0 aliphatic heterocycles. The highest BCUT2D eigenvalue weighted by Gasteiger charge is 2.09. The van der Waals surface area contributed by atoms with Gasteiger partial charge in [0.15, 0.2) is 0 Å². The van der Waals surface area contributed by atoms with E-state index in [1.54, 1.807) is 0 Å². The highest BCUT2D eigenvalue weighted by atomic mass is 14.1. The van der Waals surface area contributed by atoms with Crippen LogP contribution < -0.4 is 0 Å². The molecule has 0 nitrogen and oxygen atoms in total. The first-order valence-electron chi connectivity index (χ1n) is 5.82. The van der Waals surface area contributed by atoms with E-state index in [1.807, 2.05) is 6.92 Å². The van der Waals surface area contributed by atoms with Crippen molar-refractivity contribution in [3.05, 3.63) is 58.7 Å². The normalized spacial score (nSPS) is 14.8. The van der Waals surface area contributed by atoms with Crippen LogP contribution in [-0.4, -0.2) is 0 Å². The molecule has 0 heteroatoms. The summed E-state index contributed by atoms with van der Waals surface area (Å²) >= 11 is 0. The predicted molar refractivity (Wildman–Crippen MR) is 72.4 cm³/mol. The second kappa shape index (κ2) is 4.52. The third-order valence-electron chi connectivity index (χ3n) is 3.09. The Morgan fingerprint density at radius 1 is 1.31 bits per heavy atom. The summed E-state index contributed by atoms with van der Waals surface area (Å²) in [5, 5.41) is 0. The van der Waals surface area contributed by atoms with Crippen molar-refractivity contribution in [3.8, 4) is 0 Å². The van der Waals surface area contributed by atoms with Crippen molar-refractivity contribution in [2.24, 2.45) is 0 Å². The largest absolute Gasteiger partial charge is 0.0877 e. The molecular formula is C16H18. The minimum atomic E-state index is 1.08. The van der Waals surface area contributed by atoms with E-state index < -0.39 is 0 Å². The molecule has 0 radical (unpaired) electrons. The lowest BCUT2D eigenvalue weighted by Crippen LogP contribution is -1.90. The van der Waals surface area contributed by atoms with Crippen LogP contribution in [0.25, 0.3) is 11.6 Å². The van der Waals surface area contributed by atoms with Gasteiger partial charge in [0.05, 0.1) is 0 Å². The number of benzene rings is 1. The van der Waals surface area contributed by atoms with E-state index in [-0.39, 0.29) is 0 Å². The highest BCUT2D eigenvalue weighted by molar-refractivity contribution is 5.72. The molecule has 0 fully saturated rings. The predicted octanol–water partition coefficient (Wildman–Crippen LogP) is 4.54. The second-order valence-electron chi connectivity index (χ2n) is 4.35. The van der Waals surface area contributed by atoms with Gasteiger partial charge in [0.2, 0.25) is 0 Å². The lowest BCUT2D eigenvalue weighted by atomic mass is 9.97. The highest BCUT2D eigenvalue weighted by Crippen LogP contribution is 2.27. The van der Waals surface area contributed by atoms with Gasteiger partial charge in [-0.2, -0.15) is 0 Å². The second-order valence-corrected chi connectivity index (χ2v) is 4.35. The summed E-state index contributed by atoms with van der Waals surface area (Å²) in [4.78, 5) is 0. The number of rotatable bonds is 2. The van der Waals surface area contributed by atoms with Crippen LogP contribution in [-0.2, 0) is 6.42 Å². The molecule has 1 aliphatic rings. The maximum absolute atomic E-state index is 2.32. The van der Waals surface area contributed by atoms with Crippen molar-refractivity contribution in [1.82, 2.24) is 0 Å². The Morgan fingerprint density at radius 2 is 2.12 bits per heavy atom. The first kappa shape index (κ1) is 10.9. The number of hydrogen-bond acceptors (Lipinski definition) is 0. The standard InChI is InChI=1S/C16H18/c1-4-5-7-12(2)15-10-13(3)16-9-6-8-14(16)11-15/h4-7,9-11H,8H2,1-3H3/b5-4-,12-7+. The molecule has 0 atom stereocenters. The molecule has 0 saturated carbocycles. The van der Waals surface area contributed by atoms with E-state index in [0.29, 0.717) is 0 Å². The molecular weight excluding hydrogens is 192 g/mol. The van der Waals surface area contributed by atoms with Gasteiger partial charge in [0, 0.05) is 0 Å². The van der Waals surface area contributed by atoms with Gasteiger partial charge >= 0.3 is 0 Å². The van der Waals surface area contributed by atoms with Crippen LogP contribution in [0.5, 0.6) is 0 Å². The molecule has 0 unspecified atom stereocenters. The zero-order chi connectivity index (χ0) is 11.5. The first-order chi connectivity index (χ1) is 7.72. The van der Waals surface area contributed by atoms with Crippen LogP contribution in [0, 0.1) is 6.92 Å². The van der Waals surface area contributed by atoms with E-state index in [1.165, 1.54) is 27.8 Å². The molecule has 0 saturated heterocycles. The average Bonchev–Trinajstić information content (AvgIpc) is 2.74. The molecule has 1 aromatic carbocycles. The lowest BCUT2D eigenvalue weighted by Gasteiger charge is -2.08. The number of fused-ring (bicyclic) bond motifs is 1. The van der Waals surface area contributed by atoms with Crippen LogP contribution in [0.1, 0.15) is 36.1 Å². The number of allylic oxidation sites excluding steroid dienone is 5. The SMILES string of the molecule is C/C=C\C=C(/C)c1cc(C)c2c(c1)CC=C2. The van der Waals surface area contributed by atoms with Crippen molar-refractivity contribution in [3.63, 3.8) is 0 Å². The molecule has 0 bridgehead atoms. The average molecular weight is 210 g/mol. The smallest absolute Gasteiger partial charge is 0.00879 e. The maximum atomic E-state index is 2.32. The first-order valence-corrected chi connectivity index (χ1v) is 5.82. The quantitative estimate of drug-likeness (QED) is 0.628. The summed E-state index contributed by atoms with van der Waals surface area (Å²) in [7, 11) is 0. The Kier molecular flexibility index (Phi) is 3.09. The fraction of sp³-hybridized carbons (Fsp3) is 0.250. The van der Waals surface area contributed by atoms with Gasteiger partial charge in [0.25, 0.3) is 0 Å². The van der Waals surface area contributed by atoms with Gasteiger partial charge in [-0.1, -0.05) is 42.5 Å². The number of aryl methyl sites for hydroxylation is 1. The Balaban J connectivity index is 2.42. The van der Waals surface area contributed by atoms with Gasteiger partial charge in [-0.15, -0.1) is 0 Å². The van der Waals surface area contributed by atoms with Crippen molar-refractivity contribution < 1.29 is 0 Å². The fourth-order valence-corrected chi connectivity index (χ4v) is 2.15. The van der Waals surface area contributed by atoms with Crippen LogP contribution in [0.15, 0.2) is 36.4 Å². The molecule has 0 aromatic heterocycles. The summed E-state index contributed by atoms with van der Waals surface area (Å²) in [6.45, 7) is 6.41. The lowest BCUT2D eigenvalue weighted by molar-refractivity contribution is 1.27.